The molecule has 28 heavy (non-hydrogen) atoms. The summed E-state index contributed by atoms with van der Waals surface area (Å²) in [6, 6.07) is 6.78. The Hall–Kier alpha value is -1.04. The summed E-state index contributed by atoms with van der Waals surface area (Å²) in [7, 11) is -1.76. The minimum Gasteiger partial charge on any atom is -0.504 e. The van der Waals surface area contributed by atoms with E-state index in [-0.39, 0.29) is 17.1 Å². The van der Waals surface area contributed by atoms with Crippen molar-refractivity contribution in [1.82, 2.24) is 0 Å². The molecule has 152 valence electrons. The Bertz CT molecular complexity index is 830. The number of halogens is 4. The lowest BCUT2D eigenvalue weighted by molar-refractivity contribution is -0.176. The van der Waals surface area contributed by atoms with Gasteiger partial charge in [-0.3, -0.25) is 10.5 Å². The number of aromatic hydroxyl groups is 1. The Kier molecular flexibility index (Phi) is 8.41. The van der Waals surface area contributed by atoms with E-state index in [9.17, 15) is 13.9 Å². The molecule has 0 saturated heterocycles. The van der Waals surface area contributed by atoms with E-state index in [1.165, 1.54) is 0 Å². The Balaban J connectivity index is 0.000000186. The number of benzene rings is 2. The van der Waals surface area contributed by atoms with E-state index in [0.717, 1.165) is 25.7 Å². The number of hydrogen-bond acceptors (Lipinski definition) is 5. The van der Waals surface area contributed by atoms with Gasteiger partial charge >= 0.3 is 7.12 Å². The molecule has 0 bridgehead atoms. The van der Waals surface area contributed by atoms with Crippen LogP contribution in [0.3, 0.4) is 0 Å². The molecule has 10 heteroatoms. The van der Waals surface area contributed by atoms with Gasteiger partial charge < -0.3 is 15.2 Å². The summed E-state index contributed by atoms with van der Waals surface area (Å²) in [4.78, 5) is 0. The fourth-order valence-electron chi connectivity index (χ4n) is 2.80. The topological polar surface area (TPSA) is 101 Å². The molecule has 0 aliphatic heterocycles. The second-order valence-electron chi connectivity index (χ2n) is 6.59. The normalized spacial score (nSPS) is 15.1. The molecule has 2 aromatic carbocycles. The lowest BCUT2D eigenvalue weighted by Crippen LogP contribution is -2.34. The van der Waals surface area contributed by atoms with Gasteiger partial charge in [0, 0.05) is 9.94 Å². The van der Waals surface area contributed by atoms with Gasteiger partial charge in [-0.05, 0) is 76.7 Å². The smallest absolute Gasteiger partial charge is 0.492 e. The first-order chi connectivity index (χ1) is 13.3. The van der Waals surface area contributed by atoms with Crippen molar-refractivity contribution in [3.05, 3.63) is 56.0 Å². The number of rotatable bonds is 3. The zero-order valence-electron chi connectivity index (χ0n) is 14.6. The first-order valence-electron chi connectivity index (χ1n) is 8.52. The SMILES string of the molecule is OB(O)c1c(Br)ccc(C2CC2)c1F.OO.Oc1c(Br)ccc(C2CC2)c1F. The molecule has 5 N–H and O–H groups in total. The van der Waals surface area contributed by atoms with Crippen molar-refractivity contribution in [2.45, 2.75) is 37.5 Å². The average Bonchev–Trinajstić information content (AvgIpc) is 3.55. The number of phenols is 1. The molecule has 4 rings (SSSR count). The van der Waals surface area contributed by atoms with Crippen LogP contribution < -0.4 is 5.46 Å². The third-order valence-corrected chi connectivity index (χ3v) is 5.88. The van der Waals surface area contributed by atoms with E-state index in [0.29, 0.717) is 26.0 Å². The first-order valence-corrected chi connectivity index (χ1v) is 10.1. The minimum atomic E-state index is -1.76. The van der Waals surface area contributed by atoms with E-state index in [1.807, 2.05) is 0 Å². The quantitative estimate of drug-likeness (QED) is 0.234. The van der Waals surface area contributed by atoms with Crippen LogP contribution in [0.25, 0.3) is 0 Å². The van der Waals surface area contributed by atoms with Crippen LogP contribution in [-0.2, 0) is 0 Å². The van der Waals surface area contributed by atoms with E-state index in [4.69, 9.17) is 20.6 Å². The van der Waals surface area contributed by atoms with Crippen molar-refractivity contribution in [1.29, 1.82) is 0 Å². The van der Waals surface area contributed by atoms with Crippen LogP contribution in [0.15, 0.2) is 33.2 Å². The van der Waals surface area contributed by atoms with Gasteiger partial charge in [-0.25, -0.2) is 8.78 Å². The predicted octanol–water partition coefficient (Wildman–Crippen LogP) is 4.33. The van der Waals surface area contributed by atoms with Crippen LogP contribution in [0.4, 0.5) is 8.78 Å². The molecule has 2 fully saturated rings. The van der Waals surface area contributed by atoms with E-state index in [1.54, 1.807) is 24.3 Å². The molecule has 0 spiro atoms. The average molecular weight is 524 g/mol. The second-order valence-corrected chi connectivity index (χ2v) is 8.29. The fourth-order valence-corrected chi connectivity index (χ4v) is 3.62. The third kappa shape index (κ3) is 5.52. The summed E-state index contributed by atoms with van der Waals surface area (Å²) in [5, 5.41) is 39.2. The van der Waals surface area contributed by atoms with Crippen molar-refractivity contribution >= 4 is 44.4 Å². The molecule has 0 radical (unpaired) electrons. The summed E-state index contributed by atoms with van der Waals surface area (Å²) in [5.74, 6) is -0.618. The van der Waals surface area contributed by atoms with Crippen LogP contribution in [-0.4, -0.2) is 32.8 Å². The van der Waals surface area contributed by atoms with Gasteiger partial charge in [-0.2, -0.15) is 0 Å². The van der Waals surface area contributed by atoms with Crippen LogP contribution in [0.5, 0.6) is 5.75 Å². The van der Waals surface area contributed by atoms with Gasteiger partial charge in [0.05, 0.1) is 4.47 Å². The Labute approximate surface area is 178 Å². The van der Waals surface area contributed by atoms with Gasteiger partial charge in [0.1, 0.15) is 5.82 Å². The molecule has 2 saturated carbocycles. The number of hydrogen-bond donors (Lipinski definition) is 5. The van der Waals surface area contributed by atoms with Gasteiger partial charge in [-0.15, -0.1) is 0 Å². The Morgan fingerprint density at radius 1 is 0.786 bits per heavy atom. The molecule has 5 nitrogen and oxygen atoms in total. The molecule has 0 heterocycles. The highest BCUT2D eigenvalue weighted by atomic mass is 79.9. The largest absolute Gasteiger partial charge is 0.504 e. The lowest BCUT2D eigenvalue weighted by Gasteiger charge is -2.08. The summed E-state index contributed by atoms with van der Waals surface area (Å²) in [6.45, 7) is 0. The Morgan fingerprint density at radius 2 is 1.21 bits per heavy atom. The second kappa shape index (κ2) is 10.1. The van der Waals surface area contributed by atoms with Crippen molar-refractivity contribution in [3.8, 4) is 5.75 Å². The molecular formula is C18H19BBr2F2O5. The fraction of sp³-hybridized carbons (Fsp3) is 0.333. The van der Waals surface area contributed by atoms with Gasteiger partial charge in [0.2, 0.25) is 0 Å². The van der Waals surface area contributed by atoms with E-state index < -0.39 is 18.8 Å². The van der Waals surface area contributed by atoms with Crippen LogP contribution in [0.1, 0.15) is 48.6 Å². The summed E-state index contributed by atoms with van der Waals surface area (Å²) in [5.41, 5.74) is 1.18. The molecule has 0 amide bonds. The zero-order chi connectivity index (χ0) is 21.0. The molecule has 0 atom stereocenters. The van der Waals surface area contributed by atoms with Gasteiger partial charge in [0.25, 0.3) is 0 Å². The molecule has 0 aromatic heterocycles. The summed E-state index contributed by atoms with van der Waals surface area (Å²) >= 11 is 6.15. The summed E-state index contributed by atoms with van der Waals surface area (Å²) in [6.07, 6.45) is 4.05. The molecule has 2 aromatic rings. The van der Waals surface area contributed by atoms with Crippen LogP contribution >= 0.6 is 31.9 Å². The molecule has 2 aliphatic carbocycles. The molecule has 0 unspecified atom stereocenters. The lowest BCUT2D eigenvalue weighted by atomic mass is 9.78. The summed E-state index contributed by atoms with van der Waals surface area (Å²) < 4.78 is 27.8. The number of phenolic OH excluding ortho intramolecular Hbond substituents is 1. The van der Waals surface area contributed by atoms with Gasteiger partial charge in [0.15, 0.2) is 11.6 Å². The highest BCUT2D eigenvalue weighted by Gasteiger charge is 2.31. The zero-order valence-corrected chi connectivity index (χ0v) is 17.8. The predicted molar refractivity (Wildman–Crippen MR) is 109 cm³/mol. The van der Waals surface area contributed by atoms with Crippen molar-refractivity contribution in [2.75, 3.05) is 0 Å². The van der Waals surface area contributed by atoms with Crippen molar-refractivity contribution in [2.24, 2.45) is 0 Å². The van der Waals surface area contributed by atoms with E-state index in [2.05, 4.69) is 31.9 Å². The molecule has 2 aliphatic rings. The van der Waals surface area contributed by atoms with Crippen LogP contribution in [0.2, 0.25) is 0 Å². The van der Waals surface area contributed by atoms with E-state index >= 15 is 0 Å². The van der Waals surface area contributed by atoms with Crippen LogP contribution in [0, 0.1) is 11.6 Å². The third-order valence-electron chi connectivity index (χ3n) is 4.55. The van der Waals surface area contributed by atoms with Gasteiger partial charge in [-0.1, -0.05) is 28.1 Å². The minimum absolute atomic E-state index is 0.0607. The van der Waals surface area contributed by atoms with Crippen molar-refractivity contribution in [3.63, 3.8) is 0 Å². The monoisotopic (exact) mass is 522 g/mol. The highest BCUT2D eigenvalue weighted by Crippen LogP contribution is 2.44. The standard InChI is InChI=1S/C9H9BBrFO2.C9H8BrFO.H2O2/c11-7-4-3-6(5-1-2-5)9(12)8(7)10(13)14;10-7-4-3-6(5-1-2-5)8(11)9(7)12;1-2/h3-5,13-14H,1-2H2;3-5,12H,1-2H2;1-2H. The Morgan fingerprint density at radius 3 is 1.64 bits per heavy atom. The first kappa shape index (κ1) is 23.2. The molecular weight excluding hydrogens is 505 g/mol. The van der Waals surface area contributed by atoms with Crippen molar-refractivity contribution < 1.29 is 34.4 Å². The maximum atomic E-state index is 13.7. The maximum Gasteiger partial charge on any atom is 0.492 e. The maximum absolute atomic E-state index is 13.7. The highest BCUT2D eigenvalue weighted by molar-refractivity contribution is 9.11.